The number of ether oxygens (including phenoxy) is 2. The highest BCUT2D eigenvalue weighted by Crippen LogP contribution is 2.44. The molecule has 20 heavy (non-hydrogen) atoms. The van der Waals surface area contributed by atoms with Gasteiger partial charge in [-0.2, -0.15) is 0 Å². The number of carbonyl (C=O) groups is 1. The molecule has 2 N–H and O–H groups in total. The second-order valence-corrected chi connectivity index (χ2v) is 6.24. The van der Waals surface area contributed by atoms with E-state index in [1.54, 1.807) is 7.11 Å². The summed E-state index contributed by atoms with van der Waals surface area (Å²) >= 11 is 0. The largest absolute Gasteiger partial charge is 0.481 e. The van der Waals surface area contributed by atoms with Gasteiger partial charge in [0.25, 0.3) is 0 Å². The highest BCUT2D eigenvalue weighted by atomic mass is 16.5. The minimum absolute atomic E-state index is 0.182. The van der Waals surface area contributed by atoms with E-state index >= 15 is 0 Å². The van der Waals surface area contributed by atoms with E-state index in [1.165, 1.54) is 0 Å². The van der Waals surface area contributed by atoms with E-state index in [0.717, 1.165) is 19.4 Å². The van der Waals surface area contributed by atoms with Crippen LogP contribution in [-0.4, -0.2) is 50.6 Å². The molecular formula is C15H29NO4. The first kappa shape index (κ1) is 17.4. The van der Waals surface area contributed by atoms with Crippen LogP contribution in [0, 0.1) is 17.3 Å². The van der Waals surface area contributed by atoms with E-state index in [9.17, 15) is 9.90 Å². The lowest BCUT2D eigenvalue weighted by atomic mass is 9.61. The van der Waals surface area contributed by atoms with Crippen LogP contribution in [0.3, 0.4) is 0 Å². The fraction of sp³-hybridized carbons (Fsp3) is 0.933. The van der Waals surface area contributed by atoms with Crippen molar-refractivity contribution in [2.24, 2.45) is 17.3 Å². The predicted octanol–water partition coefficient (Wildman–Crippen LogP) is 1.76. The molecule has 0 aromatic heterocycles. The van der Waals surface area contributed by atoms with Gasteiger partial charge in [0.05, 0.1) is 25.7 Å². The molecular weight excluding hydrogens is 258 g/mol. The number of methoxy groups -OCH3 is 1. The third-order valence-electron chi connectivity index (χ3n) is 4.82. The molecule has 1 aliphatic rings. The lowest BCUT2D eigenvalue weighted by Crippen LogP contribution is -2.51. The molecule has 0 aliphatic heterocycles. The molecule has 0 heterocycles. The number of hydrogen-bond donors (Lipinski definition) is 2. The maximum atomic E-state index is 11.3. The van der Waals surface area contributed by atoms with Crippen LogP contribution in [0.15, 0.2) is 0 Å². The summed E-state index contributed by atoms with van der Waals surface area (Å²) < 4.78 is 10.3. The molecule has 0 bridgehead atoms. The maximum Gasteiger partial charge on any atom is 0.307 e. The molecule has 0 spiro atoms. The van der Waals surface area contributed by atoms with E-state index in [0.29, 0.717) is 31.8 Å². The summed E-state index contributed by atoms with van der Waals surface area (Å²) in [6, 6.07) is 0.367. The molecule has 1 fully saturated rings. The number of carboxylic acids is 1. The molecule has 0 aromatic carbocycles. The first-order chi connectivity index (χ1) is 9.41. The van der Waals surface area contributed by atoms with Crippen molar-refractivity contribution in [2.75, 3.05) is 33.5 Å². The lowest BCUT2D eigenvalue weighted by Gasteiger charge is -2.46. The molecule has 1 saturated carbocycles. The van der Waals surface area contributed by atoms with Crippen molar-refractivity contribution in [2.45, 2.75) is 39.7 Å². The zero-order valence-electron chi connectivity index (χ0n) is 13.1. The van der Waals surface area contributed by atoms with E-state index in [-0.39, 0.29) is 11.3 Å². The molecule has 3 unspecified atom stereocenters. The quantitative estimate of drug-likeness (QED) is 0.666. The Bertz CT molecular complexity index is 306. The van der Waals surface area contributed by atoms with E-state index < -0.39 is 5.97 Å². The van der Waals surface area contributed by atoms with E-state index in [1.807, 2.05) is 0 Å². The van der Waals surface area contributed by atoms with Gasteiger partial charge in [-0.05, 0) is 24.2 Å². The van der Waals surface area contributed by atoms with Crippen molar-refractivity contribution in [3.63, 3.8) is 0 Å². The molecule has 0 saturated heterocycles. The predicted molar refractivity (Wildman–Crippen MR) is 77.8 cm³/mol. The Kier molecular flexibility index (Phi) is 6.92. The SMILES string of the molecule is COCCOCCNC1CCC(C(=O)O)C(C)(C)C1C. The first-order valence-corrected chi connectivity index (χ1v) is 7.44. The van der Waals surface area contributed by atoms with Crippen LogP contribution < -0.4 is 5.32 Å². The fourth-order valence-electron chi connectivity index (χ4n) is 3.09. The summed E-state index contributed by atoms with van der Waals surface area (Å²) in [6.07, 6.45) is 1.66. The van der Waals surface area contributed by atoms with E-state index in [2.05, 4.69) is 26.1 Å². The Morgan fingerprint density at radius 1 is 1.30 bits per heavy atom. The lowest BCUT2D eigenvalue weighted by molar-refractivity contribution is -0.150. The topological polar surface area (TPSA) is 67.8 Å². The molecule has 1 aliphatic carbocycles. The summed E-state index contributed by atoms with van der Waals surface area (Å²) in [6.45, 7) is 8.98. The van der Waals surface area contributed by atoms with Crippen LogP contribution in [0.5, 0.6) is 0 Å². The average molecular weight is 287 g/mol. The average Bonchev–Trinajstić information content (AvgIpc) is 2.38. The van der Waals surface area contributed by atoms with Crippen LogP contribution in [0.1, 0.15) is 33.6 Å². The molecule has 0 aromatic rings. The van der Waals surface area contributed by atoms with Crippen LogP contribution in [-0.2, 0) is 14.3 Å². The third-order valence-corrected chi connectivity index (χ3v) is 4.82. The molecule has 5 nitrogen and oxygen atoms in total. The van der Waals surface area contributed by atoms with E-state index in [4.69, 9.17) is 9.47 Å². The zero-order chi connectivity index (χ0) is 15.2. The van der Waals surface area contributed by atoms with Crippen LogP contribution >= 0.6 is 0 Å². The van der Waals surface area contributed by atoms with Gasteiger partial charge >= 0.3 is 5.97 Å². The highest BCUT2D eigenvalue weighted by Gasteiger charge is 2.45. The van der Waals surface area contributed by atoms with Crippen molar-refractivity contribution < 1.29 is 19.4 Å². The molecule has 0 amide bonds. The molecule has 0 radical (unpaired) electrons. The standard InChI is InChI=1S/C15H29NO4/c1-11-13(16-7-8-20-10-9-19-4)6-5-12(14(17)18)15(11,2)3/h11-13,16H,5-10H2,1-4H3,(H,17,18). The number of aliphatic carboxylic acids is 1. The number of hydrogen-bond acceptors (Lipinski definition) is 4. The van der Waals surface area contributed by atoms with Crippen molar-refractivity contribution >= 4 is 5.97 Å². The second kappa shape index (κ2) is 7.96. The van der Waals surface area contributed by atoms with Gasteiger partial charge in [-0.3, -0.25) is 4.79 Å². The van der Waals surface area contributed by atoms with Crippen molar-refractivity contribution in [3.05, 3.63) is 0 Å². The molecule has 5 heteroatoms. The van der Waals surface area contributed by atoms with Crippen molar-refractivity contribution in [1.29, 1.82) is 0 Å². The van der Waals surface area contributed by atoms with Crippen molar-refractivity contribution in [3.8, 4) is 0 Å². The molecule has 3 atom stereocenters. The third kappa shape index (κ3) is 4.43. The summed E-state index contributed by atoms with van der Waals surface area (Å²) in [5, 5.41) is 12.8. The van der Waals surface area contributed by atoms with Crippen molar-refractivity contribution in [1.82, 2.24) is 5.32 Å². The number of rotatable bonds is 8. The molecule has 1 rings (SSSR count). The Morgan fingerprint density at radius 2 is 2.00 bits per heavy atom. The smallest absolute Gasteiger partial charge is 0.307 e. The minimum Gasteiger partial charge on any atom is -0.481 e. The normalized spacial score (nSPS) is 29.3. The van der Waals surface area contributed by atoms with Gasteiger partial charge in [-0.15, -0.1) is 0 Å². The van der Waals surface area contributed by atoms with Crippen LogP contribution in [0.2, 0.25) is 0 Å². The highest BCUT2D eigenvalue weighted by molar-refractivity contribution is 5.71. The van der Waals surface area contributed by atoms with Gasteiger partial charge < -0.3 is 19.9 Å². The minimum atomic E-state index is -0.664. The van der Waals surface area contributed by atoms with Gasteiger partial charge in [-0.1, -0.05) is 20.8 Å². The van der Waals surface area contributed by atoms with Gasteiger partial charge in [0.1, 0.15) is 0 Å². The Labute approximate surface area is 122 Å². The summed E-state index contributed by atoms with van der Waals surface area (Å²) in [7, 11) is 1.66. The van der Waals surface area contributed by atoms with Gasteiger partial charge in [0, 0.05) is 19.7 Å². The van der Waals surface area contributed by atoms with Crippen LogP contribution in [0.4, 0.5) is 0 Å². The number of carboxylic acid groups (broad SMARTS) is 1. The summed E-state index contributed by atoms with van der Waals surface area (Å²) in [4.78, 5) is 11.3. The second-order valence-electron chi connectivity index (χ2n) is 6.24. The fourth-order valence-corrected chi connectivity index (χ4v) is 3.09. The Hall–Kier alpha value is -0.650. The van der Waals surface area contributed by atoms with Gasteiger partial charge in [0.2, 0.25) is 0 Å². The van der Waals surface area contributed by atoms with Gasteiger partial charge in [-0.25, -0.2) is 0 Å². The summed E-state index contributed by atoms with van der Waals surface area (Å²) in [5.41, 5.74) is -0.182. The summed E-state index contributed by atoms with van der Waals surface area (Å²) in [5.74, 6) is -0.576. The van der Waals surface area contributed by atoms with Gasteiger partial charge in [0.15, 0.2) is 0 Å². The zero-order valence-corrected chi connectivity index (χ0v) is 13.1. The monoisotopic (exact) mass is 287 g/mol. The van der Waals surface area contributed by atoms with Crippen LogP contribution in [0.25, 0.3) is 0 Å². The maximum absolute atomic E-state index is 11.3. The Morgan fingerprint density at radius 3 is 2.60 bits per heavy atom. The Balaban J connectivity index is 2.36. The first-order valence-electron chi connectivity index (χ1n) is 7.44. The molecule has 118 valence electrons. The number of nitrogens with one attached hydrogen (secondary N) is 1.